The molecule has 0 aliphatic rings. The van der Waals surface area contributed by atoms with Crippen LogP contribution in [0.5, 0.6) is 0 Å². The van der Waals surface area contributed by atoms with E-state index in [1.165, 1.54) is 16.2 Å². The molecule has 0 saturated heterocycles. The van der Waals surface area contributed by atoms with E-state index in [0.29, 0.717) is 11.7 Å². The standard InChI is InChI=1S/C7H11F2N3S.ClH/c1-12(4-6(8)9)3-5-2-11-7(10)13-5;/h2,6H,3-4H2,1H3,(H2,10,11);1H. The summed E-state index contributed by atoms with van der Waals surface area (Å²) < 4.78 is 23.8. The Morgan fingerprint density at radius 2 is 2.29 bits per heavy atom. The number of hydrogen-bond donors (Lipinski definition) is 1. The molecule has 0 amide bonds. The number of rotatable bonds is 4. The lowest BCUT2D eigenvalue weighted by molar-refractivity contribution is 0.0979. The molecule has 0 fully saturated rings. The van der Waals surface area contributed by atoms with Gasteiger partial charge in [-0.25, -0.2) is 13.8 Å². The maximum absolute atomic E-state index is 11.9. The van der Waals surface area contributed by atoms with Gasteiger partial charge in [0.05, 0.1) is 6.54 Å². The zero-order valence-corrected chi connectivity index (χ0v) is 9.25. The normalized spacial score (nSPS) is 10.6. The topological polar surface area (TPSA) is 42.2 Å². The van der Waals surface area contributed by atoms with E-state index >= 15 is 0 Å². The average molecular weight is 244 g/mol. The van der Waals surface area contributed by atoms with Gasteiger partial charge in [-0.1, -0.05) is 0 Å². The number of nitrogens with two attached hydrogens (primary N) is 1. The number of anilines is 1. The average Bonchev–Trinajstić information content (AvgIpc) is 2.33. The molecule has 0 aromatic carbocycles. The monoisotopic (exact) mass is 243 g/mol. The van der Waals surface area contributed by atoms with Crippen LogP contribution in [0.15, 0.2) is 6.20 Å². The van der Waals surface area contributed by atoms with Gasteiger partial charge in [-0.15, -0.1) is 23.7 Å². The van der Waals surface area contributed by atoms with E-state index in [1.807, 2.05) is 0 Å². The van der Waals surface area contributed by atoms with Crippen LogP contribution in [0.2, 0.25) is 0 Å². The quantitative estimate of drug-likeness (QED) is 0.878. The molecule has 2 N–H and O–H groups in total. The van der Waals surface area contributed by atoms with E-state index in [1.54, 1.807) is 13.2 Å². The van der Waals surface area contributed by atoms with Crippen LogP contribution >= 0.6 is 23.7 Å². The molecule has 0 spiro atoms. The molecule has 0 radical (unpaired) electrons. The fraction of sp³-hybridized carbons (Fsp3) is 0.571. The summed E-state index contributed by atoms with van der Waals surface area (Å²) in [6.07, 6.45) is -0.683. The van der Waals surface area contributed by atoms with Crippen LogP contribution in [-0.4, -0.2) is 29.9 Å². The van der Waals surface area contributed by atoms with Crippen molar-refractivity contribution in [3.8, 4) is 0 Å². The minimum Gasteiger partial charge on any atom is -0.375 e. The zero-order valence-electron chi connectivity index (χ0n) is 7.61. The Morgan fingerprint density at radius 3 is 2.71 bits per heavy atom. The molecule has 0 aliphatic heterocycles. The molecule has 0 saturated carbocycles. The Balaban J connectivity index is 0.00000169. The molecule has 0 aliphatic carbocycles. The minimum absolute atomic E-state index is 0. The SMILES string of the molecule is CN(Cc1cnc(N)s1)CC(F)F.Cl. The van der Waals surface area contributed by atoms with E-state index in [9.17, 15) is 8.78 Å². The van der Waals surface area contributed by atoms with E-state index in [4.69, 9.17) is 5.73 Å². The van der Waals surface area contributed by atoms with E-state index in [0.717, 1.165) is 4.88 Å². The predicted molar refractivity (Wildman–Crippen MR) is 56.1 cm³/mol. The first-order chi connectivity index (χ1) is 6.08. The molecule has 82 valence electrons. The van der Waals surface area contributed by atoms with Crippen LogP contribution < -0.4 is 5.73 Å². The van der Waals surface area contributed by atoms with Gasteiger partial charge in [0, 0.05) is 17.6 Å². The van der Waals surface area contributed by atoms with E-state index < -0.39 is 6.43 Å². The fourth-order valence-electron chi connectivity index (χ4n) is 0.962. The Bertz CT molecular complexity index is 269. The summed E-state index contributed by atoms with van der Waals surface area (Å²) >= 11 is 1.32. The highest BCUT2D eigenvalue weighted by molar-refractivity contribution is 7.15. The van der Waals surface area contributed by atoms with Crippen molar-refractivity contribution in [3.05, 3.63) is 11.1 Å². The minimum atomic E-state index is -2.30. The van der Waals surface area contributed by atoms with Crippen LogP contribution in [0.25, 0.3) is 0 Å². The number of halogens is 3. The summed E-state index contributed by atoms with van der Waals surface area (Å²) in [6.45, 7) is 0.247. The van der Waals surface area contributed by atoms with Gasteiger partial charge in [0.15, 0.2) is 5.13 Å². The first kappa shape index (κ1) is 13.5. The molecule has 14 heavy (non-hydrogen) atoms. The molecular weight excluding hydrogens is 232 g/mol. The van der Waals surface area contributed by atoms with Crippen molar-refractivity contribution in [2.24, 2.45) is 0 Å². The molecule has 7 heteroatoms. The lowest BCUT2D eigenvalue weighted by atomic mass is 10.5. The molecule has 1 aromatic rings. The summed E-state index contributed by atoms with van der Waals surface area (Å²) in [6, 6.07) is 0. The number of aromatic nitrogens is 1. The third-order valence-electron chi connectivity index (χ3n) is 1.45. The van der Waals surface area contributed by atoms with Gasteiger partial charge in [-0.2, -0.15) is 0 Å². The first-order valence-electron chi connectivity index (χ1n) is 3.75. The number of thiazole rings is 1. The number of alkyl halides is 2. The van der Waals surface area contributed by atoms with Crippen LogP contribution in [0.1, 0.15) is 4.88 Å². The third kappa shape index (κ3) is 4.69. The summed E-state index contributed by atoms with van der Waals surface area (Å²) in [5, 5.41) is 0.473. The molecular formula is C7H12ClF2N3S. The molecule has 1 rings (SSSR count). The van der Waals surface area contributed by atoms with Crippen molar-refractivity contribution in [2.45, 2.75) is 13.0 Å². The second kappa shape index (κ2) is 6.10. The zero-order chi connectivity index (χ0) is 9.84. The molecule has 1 aromatic heterocycles. The van der Waals surface area contributed by atoms with Crippen molar-refractivity contribution < 1.29 is 8.78 Å². The van der Waals surface area contributed by atoms with Gasteiger partial charge in [-0.3, -0.25) is 4.90 Å². The summed E-state index contributed by atoms with van der Waals surface area (Å²) in [7, 11) is 1.64. The summed E-state index contributed by atoms with van der Waals surface area (Å²) in [5.41, 5.74) is 5.40. The van der Waals surface area contributed by atoms with Crippen LogP contribution in [-0.2, 0) is 6.54 Å². The molecule has 0 unspecified atom stereocenters. The second-order valence-electron chi connectivity index (χ2n) is 2.75. The Hall–Kier alpha value is -0.460. The third-order valence-corrected chi connectivity index (χ3v) is 2.26. The lowest BCUT2D eigenvalue weighted by Crippen LogP contribution is -2.23. The highest BCUT2D eigenvalue weighted by Crippen LogP contribution is 2.16. The van der Waals surface area contributed by atoms with Gasteiger partial charge >= 0.3 is 0 Å². The van der Waals surface area contributed by atoms with Crippen molar-refractivity contribution >= 4 is 28.9 Å². The fourth-order valence-corrected chi connectivity index (χ4v) is 1.73. The Kier molecular flexibility index (Phi) is 5.90. The molecule has 1 heterocycles. The predicted octanol–water partition coefficient (Wildman–Crippen LogP) is 1.84. The first-order valence-corrected chi connectivity index (χ1v) is 4.56. The highest BCUT2D eigenvalue weighted by atomic mass is 35.5. The highest BCUT2D eigenvalue weighted by Gasteiger charge is 2.09. The van der Waals surface area contributed by atoms with Gasteiger partial charge in [0.1, 0.15) is 0 Å². The Labute approximate surface area is 91.3 Å². The van der Waals surface area contributed by atoms with Crippen LogP contribution in [0, 0.1) is 0 Å². The largest absolute Gasteiger partial charge is 0.375 e. The van der Waals surface area contributed by atoms with Crippen molar-refractivity contribution in [1.29, 1.82) is 0 Å². The van der Waals surface area contributed by atoms with Crippen molar-refractivity contribution in [3.63, 3.8) is 0 Å². The second-order valence-corrected chi connectivity index (χ2v) is 3.90. The molecule has 3 nitrogen and oxygen atoms in total. The van der Waals surface area contributed by atoms with Crippen molar-refractivity contribution in [1.82, 2.24) is 9.88 Å². The molecule has 0 bridgehead atoms. The Morgan fingerprint density at radius 1 is 1.64 bits per heavy atom. The summed E-state index contributed by atoms with van der Waals surface area (Å²) in [4.78, 5) is 6.27. The van der Waals surface area contributed by atoms with Gasteiger partial charge in [0.25, 0.3) is 6.43 Å². The van der Waals surface area contributed by atoms with E-state index in [-0.39, 0.29) is 19.0 Å². The van der Waals surface area contributed by atoms with Crippen LogP contribution in [0.4, 0.5) is 13.9 Å². The van der Waals surface area contributed by atoms with Gasteiger partial charge in [-0.05, 0) is 7.05 Å². The number of hydrogen-bond acceptors (Lipinski definition) is 4. The van der Waals surface area contributed by atoms with Crippen molar-refractivity contribution in [2.75, 3.05) is 19.3 Å². The molecule has 0 atom stereocenters. The van der Waals surface area contributed by atoms with Gasteiger partial charge < -0.3 is 5.73 Å². The van der Waals surface area contributed by atoms with E-state index in [2.05, 4.69) is 4.98 Å². The maximum atomic E-state index is 11.9. The summed E-state index contributed by atoms with van der Waals surface area (Å²) in [5.74, 6) is 0. The number of nitrogen functional groups attached to an aromatic ring is 1. The van der Waals surface area contributed by atoms with Crippen LogP contribution in [0.3, 0.4) is 0 Å². The number of nitrogens with zero attached hydrogens (tertiary/aromatic N) is 2. The lowest BCUT2D eigenvalue weighted by Gasteiger charge is -2.13. The maximum Gasteiger partial charge on any atom is 0.251 e. The smallest absolute Gasteiger partial charge is 0.251 e. The van der Waals surface area contributed by atoms with Gasteiger partial charge in [0.2, 0.25) is 0 Å².